The zero-order valence-corrected chi connectivity index (χ0v) is 12.7. The number of carboxylic acid groups (broad SMARTS) is 1. The van der Waals surface area contributed by atoms with E-state index < -0.39 is 12.1 Å². The summed E-state index contributed by atoms with van der Waals surface area (Å²) in [7, 11) is 0. The fraction of sp³-hybridized carbons (Fsp3) is 0.294. The van der Waals surface area contributed by atoms with Crippen LogP contribution in [-0.4, -0.2) is 23.1 Å². The van der Waals surface area contributed by atoms with Crippen molar-refractivity contribution in [2.75, 3.05) is 0 Å². The second-order valence-corrected chi connectivity index (χ2v) is 5.53. The maximum absolute atomic E-state index is 12.2. The summed E-state index contributed by atoms with van der Waals surface area (Å²) >= 11 is 0. The first-order valence-electron chi connectivity index (χ1n) is 7.23. The average Bonchev–Trinajstić information content (AvgIpc) is 2.49. The number of amides is 2. The monoisotopic (exact) mass is 300 g/mol. The number of fused-ring (bicyclic) bond motifs is 1. The maximum atomic E-state index is 12.2. The molecule has 3 N–H and O–H groups in total. The van der Waals surface area contributed by atoms with Crippen molar-refractivity contribution >= 4 is 22.8 Å². The van der Waals surface area contributed by atoms with Crippen LogP contribution in [-0.2, 0) is 11.3 Å². The summed E-state index contributed by atoms with van der Waals surface area (Å²) in [5.41, 5.74) is 1.00. The third-order valence-corrected chi connectivity index (χ3v) is 3.56. The Labute approximate surface area is 129 Å². The molecule has 0 bridgehead atoms. The van der Waals surface area contributed by atoms with Gasteiger partial charge in [-0.15, -0.1) is 0 Å². The van der Waals surface area contributed by atoms with Gasteiger partial charge in [0.1, 0.15) is 6.04 Å². The number of hydrogen-bond donors (Lipinski definition) is 3. The molecule has 1 atom stereocenters. The molecule has 22 heavy (non-hydrogen) atoms. The summed E-state index contributed by atoms with van der Waals surface area (Å²) in [6.45, 7) is 3.97. The summed E-state index contributed by atoms with van der Waals surface area (Å²) in [5.74, 6) is -0.436. The third-order valence-electron chi connectivity index (χ3n) is 3.56. The summed E-state index contributed by atoms with van der Waals surface area (Å²) in [5, 5.41) is 16.1. The Bertz CT molecular complexity index is 677. The molecular formula is C17H20N2O3. The summed E-state index contributed by atoms with van der Waals surface area (Å²) in [6, 6.07) is 13.1. The number of nitrogens with one attached hydrogen (secondary N) is 2. The van der Waals surface area contributed by atoms with Crippen molar-refractivity contribution in [2.45, 2.75) is 26.4 Å². The highest BCUT2D eigenvalue weighted by Gasteiger charge is 2.23. The third kappa shape index (κ3) is 3.75. The summed E-state index contributed by atoms with van der Waals surface area (Å²) < 4.78 is 0. The van der Waals surface area contributed by atoms with Crippen LogP contribution in [0.25, 0.3) is 10.8 Å². The van der Waals surface area contributed by atoms with Crippen LogP contribution in [0.3, 0.4) is 0 Å². The van der Waals surface area contributed by atoms with Crippen LogP contribution in [0.5, 0.6) is 0 Å². The van der Waals surface area contributed by atoms with Crippen molar-refractivity contribution in [1.29, 1.82) is 0 Å². The van der Waals surface area contributed by atoms with Gasteiger partial charge in [0, 0.05) is 6.54 Å². The minimum atomic E-state index is -1.20. The second-order valence-electron chi connectivity index (χ2n) is 5.53. The predicted octanol–water partition coefficient (Wildman–Crippen LogP) is 2.75. The Balaban J connectivity index is 2.10. The second kappa shape index (κ2) is 6.93. The van der Waals surface area contributed by atoms with Crippen LogP contribution in [0.15, 0.2) is 42.5 Å². The molecule has 5 nitrogen and oxygen atoms in total. The van der Waals surface area contributed by atoms with Gasteiger partial charge in [0.25, 0.3) is 0 Å². The highest BCUT2D eigenvalue weighted by atomic mass is 16.4. The Morgan fingerprint density at radius 2 is 1.77 bits per heavy atom. The topological polar surface area (TPSA) is 78.4 Å². The Kier molecular flexibility index (Phi) is 4.99. The highest BCUT2D eigenvalue weighted by Crippen LogP contribution is 2.18. The van der Waals surface area contributed by atoms with E-state index in [4.69, 9.17) is 5.11 Å². The molecule has 0 fully saturated rings. The minimum Gasteiger partial charge on any atom is -0.465 e. The molecule has 0 heterocycles. The van der Waals surface area contributed by atoms with E-state index in [-0.39, 0.29) is 11.8 Å². The van der Waals surface area contributed by atoms with Crippen LogP contribution < -0.4 is 10.6 Å². The fourth-order valence-corrected chi connectivity index (χ4v) is 2.41. The van der Waals surface area contributed by atoms with E-state index in [0.29, 0.717) is 6.54 Å². The van der Waals surface area contributed by atoms with Crippen LogP contribution in [0, 0.1) is 5.92 Å². The van der Waals surface area contributed by atoms with Gasteiger partial charge in [-0.3, -0.25) is 4.79 Å². The fourth-order valence-electron chi connectivity index (χ4n) is 2.41. The molecule has 2 aromatic carbocycles. The van der Waals surface area contributed by atoms with Gasteiger partial charge >= 0.3 is 6.09 Å². The van der Waals surface area contributed by atoms with Gasteiger partial charge in [0.15, 0.2) is 0 Å². The van der Waals surface area contributed by atoms with Gasteiger partial charge in [-0.2, -0.15) is 0 Å². The zero-order chi connectivity index (χ0) is 16.1. The molecule has 2 aromatic rings. The smallest absolute Gasteiger partial charge is 0.405 e. The van der Waals surface area contributed by atoms with Gasteiger partial charge in [-0.05, 0) is 22.3 Å². The lowest BCUT2D eigenvalue weighted by Crippen LogP contribution is -2.49. The van der Waals surface area contributed by atoms with Gasteiger partial charge < -0.3 is 15.7 Å². The Morgan fingerprint density at radius 3 is 2.45 bits per heavy atom. The van der Waals surface area contributed by atoms with E-state index in [0.717, 1.165) is 16.3 Å². The molecule has 0 spiro atoms. The first-order chi connectivity index (χ1) is 10.5. The number of rotatable bonds is 5. The molecule has 0 saturated heterocycles. The van der Waals surface area contributed by atoms with Crippen LogP contribution in [0.1, 0.15) is 19.4 Å². The van der Waals surface area contributed by atoms with Crippen molar-refractivity contribution in [2.24, 2.45) is 5.92 Å². The maximum Gasteiger partial charge on any atom is 0.405 e. The molecule has 0 aromatic heterocycles. The molecule has 0 unspecified atom stereocenters. The molecule has 0 radical (unpaired) electrons. The van der Waals surface area contributed by atoms with Crippen molar-refractivity contribution < 1.29 is 14.7 Å². The number of benzene rings is 2. The molecule has 5 heteroatoms. The Morgan fingerprint density at radius 1 is 1.09 bits per heavy atom. The van der Waals surface area contributed by atoms with E-state index in [1.807, 2.05) is 42.5 Å². The minimum absolute atomic E-state index is 0.122. The average molecular weight is 300 g/mol. The predicted molar refractivity (Wildman–Crippen MR) is 85.6 cm³/mol. The zero-order valence-electron chi connectivity index (χ0n) is 12.7. The molecule has 116 valence electrons. The van der Waals surface area contributed by atoms with E-state index in [2.05, 4.69) is 10.6 Å². The van der Waals surface area contributed by atoms with Crippen molar-refractivity contribution in [3.8, 4) is 0 Å². The normalized spacial score (nSPS) is 12.1. The standard InChI is InChI=1S/C17H20N2O3/c1-11(2)15(19-17(21)22)16(20)18-10-13-8-5-7-12-6-3-4-9-14(12)13/h3-9,11,15,19H,10H2,1-2H3,(H,18,20)(H,21,22)/t15-/m0/s1. The number of hydrogen-bond acceptors (Lipinski definition) is 2. The van der Waals surface area contributed by atoms with Gasteiger partial charge in [0.2, 0.25) is 5.91 Å². The van der Waals surface area contributed by atoms with Gasteiger partial charge in [-0.1, -0.05) is 56.3 Å². The van der Waals surface area contributed by atoms with E-state index in [1.54, 1.807) is 13.8 Å². The molecule has 0 aliphatic heterocycles. The quantitative estimate of drug-likeness (QED) is 0.794. The van der Waals surface area contributed by atoms with Crippen LogP contribution >= 0.6 is 0 Å². The van der Waals surface area contributed by atoms with E-state index >= 15 is 0 Å². The van der Waals surface area contributed by atoms with Gasteiger partial charge in [-0.25, -0.2) is 4.79 Å². The van der Waals surface area contributed by atoms with Crippen molar-refractivity contribution in [1.82, 2.24) is 10.6 Å². The SMILES string of the molecule is CC(C)[C@H](NC(=O)O)C(=O)NCc1cccc2ccccc12. The highest BCUT2D eigenvalue weighted by molar-refractivity contribution is 5.88. The van der Waals surface area contributed by atoms with E-state index in [1.165, 1.54) is 0 Å². The molecule has 0 aliphatic carbocycles. The largest absolute Gasteiger partial charge is 0.465 e. The van der Waals surface area contributed by atoms with E-state index in [9.17, 15) is 9.59 Å². The van der Waals surface area contributed by atoms with Crippen LogP contribution in [0.4, 0.5) is 4.79 Å². The molecule has 0 aliphatic rings. The van der Waals surface area contributed by atoms with Crippen molar-refractivity contribution in [3.05, 3.63) is 48.0 Å². The lowest BCUT2D eigenvalue weighted by atomic mass is 10.0. The first-order valence-corrected chi connectivity index (χ1v) is 7.23. The van der Waals surface area contributed by atoms with Crippen LogP contribution in [0.2, 0.25) is 0 Å². The van der Waals surface area contributed by atoms with Crippen molar-refractivity contribution in [3.63, 3.8) is 0 Å². The Hall–Kier alpha value is -2.56. The molecule has 0 saturated carbocycles. The molecular weight excluding hydrogens is 280 g/mol. The number of carbonyl (C=O) groups excluding carboxylic acids is 1. The molecule has 2 rings (SSSR count). The van der Waals surface area contributed by atoms with Gasteiger partial charge in [0.05, 0.1) is 0 Å². The summed E-state index contributed by atoms with van der Waals surface area (Å²) in [4.78, 5) is 23.0. The number of carbonyl (C=O) groups is 2. The lowest BCUT2D eigenvalue weighted by Gasteiger charge is -2.20. The first kappa shape index (κ1) is 15.8. The lowest BCUT2D eigenvalue weighted by molar-refractivity contribution is -0.124. The summed E-state index contributed by atoms with van der Waals surface area (Å²) in [6.07, 6.45) is -1.20. The molecule has 2 amide bonds.